The molecule has 232 valence electrons. The highest BCUT2D eigenvalue weighted by molar-refractivity contribution is 7.51. The Kier molecular flexibility index (Phi) is 14.1. The standard InChI is InChI=1S/C29H55N4O6P/c1-10-24-11-13-32(19-26(24)35)27(3,4)12-16-40(9)39-22-36-20-25-18-33(31-30-25)14-15-37-29(7,8)21-38-28(5,6)17-23(2)34/h18,24,26,35H,10-17,19-22H2,1-9H3. The SMILES string of the molecule is CCC1CCN(C(C)(C)CCP(C)OCOCc2cn(CCOC(C)(C)COC(C)(C)CC(C)=O)nn2)CC1O. The van der Waals surface area contributed by atoms with Crippen LogP contribution in [0.15, 0.2) is 6.20 Å². The molecule has 0 aliphatic carbocycles. The fraction of sp³-hybridized carbons (Fsp3) is 0.897. The second-order valence-electron chi connectivity index (χ2n) is 13.0. The summed E-state index contributed by atoms with van der Waals surface area (Å²) in [6, 6.07) is 0. The van der Waals surface area contributed by atoms with Gasteiger partial charge in [0.1, 0.15) is 11.5 Å². The van der Waals surface area contributed by atoms with E-state index in [1.54, 1.807) is 11.6 Å². The number of carbonyl (C=O) groups excluding carboxylic acids is 1. The number of ether oxygens (including phenoxy) is 3. The van der Waals surface area contributed by atoms with Gasteiger partial charge in [0.2, 0.25) is 0 Å². The van der Waals surface area contributed by atoms with Crippen LogP contribution >= 0.6 is 8.15 Å². The molecule has 3 atom stereocenters. The zero-order valence-corrected chi connectivity index (χ0v) is 27.3. The van der Waals surface area contributed by atoms with Crippen molar-refractivity contribution < 1.29 is 28.6 Å². The number of carbonyl (C=O) groups is 1. The van der Waals surface area contributed by atoms with Crippen LogP contribution in [0.4, 0.5) is 0 Å². The average Bonchev–Trinajstić information content (AvgIpc) is 3.31. The summed E-state index contributed by atoms with van der Waals surface area (Å²) < 4.78 is 25.3. The van der Waals surface area contributed by atoms with Crippen LogP contribution in [0.5, 0.6) is 0 Å². The molecule has 2 heterocycles. The van der Waals surface area contributed by atoms with E-state index >= 15 is 0 Å². The van der Waals surface area contributed by atoms with Gasteiger partial charge < -0.3 is 23.8 Å². The van der Waals surface area contributed by atoms with Gasteiger partial charge in [0, 0.05) is 26.7 Å². The first-order valence-corrected chi connectivity index (χ1v) is 16.5. The van der Waals surface area contributed by atoms with Crippen LogP contribution in [0.3, 0.4) is 0 Å². The van der Waals surface area contributed by atoms with Gasteiger partial charge in [0.05, 0.1) is 49.9 Å². The van der Waals surface area contributed by atoms with E-state index in [-0.39, 0.29) is 24.2 Å². The summed E-state index contributed by atoms with van der Waals surface area (Å²) in [4.78, 5) is 13.8. The quantitative estimate of drug-likeness (QED) is 0.141. The Balaban J connectivity index is 1.61. The van der Waals surface area contributed by atoms with Gasteiger partial charge in [-0.05, 0) is 86.6 Å². The van der Waals surface area contributed by atoms with Gasteiger partial charge in [-0.1, -0.05) is 18.6 Å². The Hall–Kier alpha value is -1.00. The first-order valence-electron chi connectivity index (χ1n) is 14.6. The van der Waals surface area contributed by atoms with E-state index < -0.39 is 19.4 Å². The van der Waals surface area contributed by atoms with Crippen LogP contribution in [-0.4, -0.2) is 99.6 Å². The Morgan fingerprint density at radius 2 is 1.90 bits per heavy atom. The predicted molar refractivity (Wildman–Crippen MR) is 159 cm³/mol. The maximum atomic E-state index is 11.4. The molecule has 11 heteroatoms. The van der Waals surface area contributed by atoms with Gasteiger partial charge >= 0.3 is 0 Å². The van der Waals surface area contributed by atoms with Gasteiger partial charge in [-0.25, -0.2) is 4.68 Å². The fourth-order valence-electron chi connectivity index (χ4n) is 4.92. The summed E-state index contributed by atoms with van der Waals surface area (Å²) >= 11 is 0. The minimum Gasteiger partial charge on any atom is -0.392 e. The number of aromatic nitrogens is 3. The molecular formula is C29H55N4O6P. The van der Waals surface area contributed by atoms with Crippen molar-refractivity contribution in [3.05, 3.63) is 11.9 Å². The molecule has 3 unspecified atom stereocenters. The van der Waals surface area contributed by atoms with Crippen molar-refractivity contribution in [2.75, 3.05) is 45.9 Å². The lowest BCUT2D eigenvalue weighted by Gasteiger charge is -2.45. The second kappa shape index (κ2) is 16.0. The molecule has 2 rings (SSSR count). The molecule has 0 amide bonds. The number of hydrogen-bond acceptors (Lipinski definition) is 9. The van der Waals surface area contributed by atoms with E-state index in [0.717, 1.165) is 44.2 Å². The minimum absolute atomic E-state index is 0.0387. The van der Waals surface area contributed by atoms with Crippen molar-refractivity contribution in [2.45, 2.75) is 117 Å². The van der Waals surface area contributed by atoms with Crippen LogP contribution in [0.2, 0.25) is 0 Å². The number of hydrogen-bond donors (Lipinski definition) is 1. The summed E-state index contributed by atoms with van der Waals surface area (Å²) in [5, 5.41) is 18.8. The summed E-state index contributed by atoms with van der Waals surface area (Å²) in [5.41, 5.74) is -0.217. The zero-order valence-electron chi connectivity index (χ0n) is 26.4. The largest absolute Gasteiger partial charge is 0.392 e. The Morgan fingerprint density at radius 3 is 2.55 bits per heavy atom. The molecule has 10 nitrogen and oxygen atoms in total. The summed E-state index contributed by atoms with van der Waals surface area (Å²) in [6.45, 7) is 22.0. The normalized spacial score (nSPS) is 20.1. The van der Waals surface area contributed by atoms with Crippen LogP contribution in [-0.2, 0) is 36.7 Å². The minimum atomic E-state index is -0.598. The van der Waals surface area contributed by atoms with Gasteiger partial charge in [-0.15, -0.1) is 5.10 Å². The number of aliphatic hydroxyl groups is 1. The molecule has 1 fully saturated rings. The number of Topliss-reactive ketones (excluding diaryl/α,β-unsaturated/α-hetero) is 1. The molecule has 1 saturated heterocycles. The molecule has 0 bridgehead atoms. The predicted octanol–water partition coefficient (Wildman–Crippen LogP) is 4.63. The second-order valence-corrected chi connectivity index (χ2v) is 14.9. The third kappa shape index (κ3) is 12.9. The van der Waals surface area contributed by atoms with Gasteiger partial charge in [-0.2, -0.15) is 0 Å². The highest BCUT2D eigenvalue weighted by Crippen LogP contribution is 2.37. The summed E-state index contributed by atoms with van der Waals surface area (Å²) in [6.07, 6.45) is 6.14. The van der Waals surface area contributed by atoms with Crippen LogP contribution in [0.1, 0.15) is 86.8 Å². The number of nitrogens with zero attached hydrogens (tertiary/aromatic N) is 4. The summed E-state index contributed by atoms with van der Waals surface area (Å²) in [7, 11) is -0.598. The molecule has 1 aliphatic rings. The van der Waals surface area contributed by atoms with Crippen LogP contribution in [0.25, 0.3) is 0 Å². The number of β-amino-alcohol motifs (C(OH)–C–C–N with tert-alkyl or cyclic N) is 1. The van der Waals surface area contributed by atoms with Crippen molar-refractivity contribution in [3.8, 4) is 0 Å². The molecule has 0 spiro atoms. The Bertz CT molecular complexity index is 894. The lowest BCUT2D eigenvalue weighted by molar-refractivity contribution is -0.137. The molecule has 1 N–H and O–H groups in total. The summed E-state index contributed by atoms with van der Waals surface area (Å²) in [5.74, 6) is 0.539. The molecule has 0 saturated carbocycles. The Morgan fingerprint density at radius 1 is 1.18 bits per heavy atom. The number of ketones is 1. The zero-order chi connectivity index (χ0) is 30.0. The molecule has 40 heavy (non-hydrogen) atoms. The first-order chi connectivity index (χ1) is 18.6. The molecule has 0 radical (unpaired) electrons. The maximum Gasteiger partial charge on any atom is 0.151 e. The monoisotopic (exact) mass is 586 g/mol. The maximum absolute atomic E-state index is 11.4. The third-order valence-corrected chi connectivity index (χ3v) is 9.03. The van der Waals surface area contributed by atoms with Crippen LogP contribution < -0.4 is 0 Å². The topological polar surface area (TPSA) is 108 Å². The third-order valence-electron chi connectivity index (χ3n) is 7.63. The molecule has 0 aromatic carbocycles. The van der Waals surface area contributed by atoms with Crippen molar-refractivity contribution in [2.24, 2.45) is 5.92 Å². The number of rotatable bonds is 19. The van der Waals surface area contributed by atoms with Crippen molar-refractivity contribution in [1.82, 2.24) is 19.9 Å². The van der Waals surface area contributed by atoms with Gasteiger partial charge in [0.15, 0.2) is 6.79 Å². The average molecular weight is 587 g/mol. The molecule has 1 aromatic heterocycles. The lowest BCUT2D eigenvalue weighted by Crippen LogP contribution is -2.53. The van der Waals surface area contributed by atoms with Crippen molar-refractivity contribution in [1.29, 1.82) is 0 Å². The van der Waals surface area contributed by atoms with E-state index in [0.29, 0.717) is 38.7 Å². The van der Waals surface area contributed by atoms with E-state index in [1.165, 1.54) is 0 Å². The van der Waals surface area contributed by atoms with E-state index in [4.69, 9.17) is 18.7 Å². The lowest BCUT2D eigenvalue weighted by atomic mass is 9.87. The number of aliphatic hydroxyl groups excluding tert-OH is 1. The van der Waals surface area contributed by atoms with Crippen LogP contribution in [0, 0.1) is 5.92 Å². The molecular weight excluding hydrogens is 531 g/mol. The number of likely N-dealkylation sites (tertiary alicyclic amines) is 1. The van der Waals surface area contributed by atoms with Crippen molar-refractivity contribution >= 4 is 13.9 Å². The van der Waals surface area contributed by atoms with Crippen molar-refractivity contribution in [3.63, 3.8) is 0 Å². The first kappa shape index (κ1) is 35.2. The molecule has 1 aliphatic heterocycles. The van der Waals surface area contributed by atoms with E-state index in [2.05, 4.69) is 42.6 Å². The smallest absolute Gasteiger partial charge is 0.151 e. The van der Waals surface area contributed by atoms with E-state index in [1.807, 2.05) is 33.9 Å². The van der Waals surface area contributed by atoms with Gasteiger partial charge in [0.25, 0.3) is 0 Å². The Labute approximate surface area is 243 Å². The highest BCUT2D eigenvalue weighted by Gasteiger charge is 2.34. The van der Waals surface area contributed by atoms with Gasteiger partial charge in [-0.3, -0.25) is 9.69 Å². The van der Waals surface area contributed by atoms with E-state index in [9.17, 15) is 9.90 Å². The fourth-order valence-corrected chi connectivity index (χ4v) is 6.17. The molecule has 1 aromatic rings. The highest BCUT2D eigenvalue weighted by atomic mass is 31.1. The number of piperidine rings is 1.